The van der Waals surface area contributed by atoms with Crippen LogP contribution in [-0.2, 0) is 4.79 Å². The number of nitrogens with zero attached hydrogens (tertiary/aromatic N) is 1. The summed E-state index contributed by atoms with van der Waals surface area (Å²) < 4.78 is 5.22. The van der Waals surface area contributed by atoms with E-state index >= 15 is 0 Å². The summed E-state index contributed by atoms with van der Waals surface area (Å²) in [6.07, 6.45) is 1.54. The van der Waals surface area contributed by atoms with Gasteiger partial charge in [-0.1, -0.05) is 32.0 Å². The second-order valence-electron chi connectivity index (χ2n) is 4.33. The Morgan fingerprint density at radius 3 is 2.53 bits per heavy atom. The first-order chi connectivity index (χ1) is 9.17. The van der Waals surface area contributed by atoms with E-state index in [2.05, 4.69) is 11.4 Å². The smallest absolute Gasteiger partial charge is 0.224 e. The molecule has 4 nitrogen and oxygen atoms in total. The predicted molar refractivity (Wildman–Crippen MR) is 73.6 cm³/mol. The van der Waals surface area contributed by atoms with Gasteiger partial charge >= 0.3 is 0 Å². The number of nitriles is 1. The number of carbonyl (C=O) groups is 1. The average molecular weight is 260 g/mol. The average Bonchev–Trinajstić information content (AvgIpc) is 2.46. The van der Waals surface area contributed by atoms with E-state index in [1.165, 1.54) is 0 Å². The van der Waals surface area contributed by atoms with E-state index in [4.69, 9.17) is 4.74 Å². The Balaban J connectivity index is 2.90. The Labute approximate surface area is 114 Å². The highest BCUT2D eigenvalue weighted by Gasteiger charge is 2.21. The van der Waals surface area contributed by atoms with Gasteiger partial charge in [0.15, 0.2) is 0 Å². The molecule has 0 saturated heterocycles. The number of para-hydroxylation sites is 1. The monoisotopic (exact) mass is 260 g/mol. The van der Waals surface area contributed by atoms with Gasteiger partial charge < -0.3 is 10.1 Å². The Morgan fingerprint density at radius 2 is 2.00 bits per heavy atom. The number of ether oxygens (including phenoxy) is 1. The van der Waals surface area contributed by atoms with E-state index in [0.717, 1.165) is 12.8 Å². The Bertz CT molecular complexity index is 461. The van der Waals surface area contributed by atoms with E-state index in [0.29, 0.717) is 11.3 Å². The maximum Gasteiger partial charge on any atom is 0.224 e. The van der Waals surface area contributed by atoms with Gasteiger partial charge in [-0.05, 0) is 18.9 Å². The zero-order valence-corrected chi connectivity index (χ0v) is 11.6. The van der Waals surface area contributed by atoms with E-state index in [1.807, 2.05) is 26.0 Å². The molecule has 0 saturated carbocycles. The summed E-state index contributed by atoms with van der Waals surface area (Å²) in [6, 6.07) is 8.67. The van der Waals surface area contributed by atoms with E-state index in [9.17, 15) is 10.1 Å². The number of hydrogen-bond donors (Lipinski definition) is 1. The fraction of sp³-hybridized carbons (Fsp3) is 0.467. The molecule has 0 aliphatic rings. The highest BCUT2D eigenvalue weighted by Crippen LogP contribution is 2.24. The highest BCUT2D eigenvalue weighted by molar-refractivity contribution is 5.79. The zero-order valence-electron chi connectivity index (χ0n) is 11.6. The van der Waals surface area contributed by atoms with Crippen LogP contribution < -0.4 is 10.1 Å². The van der Waals surface area contributed by atoms with Gasteiger partial charge in [-0.15, -0.1) is 0 Å². The van der Waals surface area contributed by atoms with Crippen molar-refractivity contribution < 1.29 is 9.53 Å². The van der Waals surface area contributed by atoms with E-state index in [1.54, 1.807) is 19.2 Å². The maximum absolute atomic E-state index is 12.0. The number of hydrogen-bond acceptors (Lipinski definition) is 3. The molecule has 0 spiro atoms. The molecule has 4 heteroatoms. The molecular weight excluding hydrogens is 240 g/mol. The lowest BCUT2D eigenvalue weighted by atomic mass is 10.0. The molecule has 1 N–H and O–H groups in total. The SMILES string of the molecule is CCC(CC)C(=O)NC(C#N)c1ccccc1OC. The third-order valence-corrected chi connectivity index (χ3v) is 3.22. The summed E-state index contributed by atoms with van der Waals surface area (Å²) >= 11 is 0. The van der Waals surface area contributed by atoms with Crippen molar-refractivity contribution in [2.24, 2.45) is 5.92 Å². The fourth-order valence-corrected chi connectivity index (χ4v) is 2.00. The number of carbonyl (C=O) groups excluding carboxylic acids is 1. The third-order valence-electron chi connectivity index (χ3n) is 3.22. The van der Waals surface area contributed by atoms with Crippen molar-refractivity contribution in [1.82, 2.24) is 5.32 Å². The zero-order chi connectivity index (χ0) is 14.3. The van der Waals surface area contributed by atoms with Gasteiger partial charge in [-0.2, -0.15) is 5.26 Å². The van der Waals surface area contributed by atoms with Crippen LogP contribution in [0, 0.1) is 17.2 Å². The molecule has 19 heavy (non-hydrogen) atoms. The van der Waals surface area contributed by atoms with Crippen molar-refractivity contribution in [1.29, 1.82) is 5.26 Å². The van der Waals surface area contributed by atoms with Gasteiger partial charge in [-0.25, -0.2) is 0 Å². The van der Waals surface area contributed by atoms with Crippen LogP contribution in [0.3, 0.4) is 0 Å². The molecule has 1 amide bonds. The predicted octanol–water partition coefficient (Wildman–Crippen LogP) is 2.81. The van der Waals surface area contributed by atoms with Gasteiger partial charge in [0.1, 0.15) is 11.8 Å². The van der Waals surface area contributed by atoms with Crippen LogP contribution in [0.25, 0.3) is 0 Å². The lowest BCUT2D eigenvalue weighted by Gasteiger charge is -2.18. The molecule has 0 aliphatic carbocycles. The van der Waals surface area contributed by atoms with Crippen LogP contribution in [0.1, 0.15) is 38.3 Å². The Hall–Kier alpha value is -2.02. The van der Waals surface area contributed by atoms with Crippen molar-refractivity contribution in [2.75, 3.05) is 7.11 Å². The van der Waals surface area contributed by atoms with Gasteiger partial charge in [0.05, 0.1) is 13.2 Å². The maximum atomic E-state index is 12.0. The minimum atomic E-state index is -0.677. The first-order valence-corrected chi connectivity index (χ1v) is 6.50. The summed E-state index contributed by atoms with van der Waals surface area (Å²) in [7, 11) is 1.55. The standard InChI is InChI=1S/C15H20N2O2/c1-4-11(5-2)15(18)17-13(10-16)12-8-6-7-9-14(12)19-3/h6-9,11,13H,4-5H2,1-3H3,(H,17,18). The van der Waals surface area contributed by atoms with Gasteiger partial charge in [0.25, 0.3) is 0 Å². The summed E-state index contributed by atoms with van der Waals surface area (Å²) in [5.41, 5.74) is 0.687. The van der Waals surface area contributed by atoms with Crippen molar-refractivity contribution in [2.45, 2.75) is 32.7 Å². The Morgan fingerprint density at radius 1 is 1.37 bits per heavy atom. The van der Waals surface area contributed by atoms with Crippen LogP contribution in [0.5, 0.6) is 5.75 Å². The third kappa shape index (κ3) is 3.72. The molecule has 1 rings (SSSR count). The van der Waals surface area contributed by atoms with Crippen LogP contribution in [0.4, 0.5) is 0 Å². The second-order valence-corrected chi connectivity index (χ2v) is 4.33. The molecule has 1 atom stereocenters. The normalized spacial score (nSPS) is 11.7. The molecule has 0 fully saturated rings. The first-order valence-electron chi connectivity index (χ1n) is 6.50. The van der Waals surface area contributed by atoms with Crippen LogP contribution in [0.15, 0.2) is 24.3 Å². The minimum Gasteiger partial charge on any atom is -0.496 e. The lowest BCUT2D eigenvalue weighted by molar-refractivity contribution is -0.125. The summed E-state index contributed by atoms with van der Waals surface area (Å²) in [6.45, 7) is 3.94. The van der Waals surface area contributed by atoms with Crippen molar-refractivity contribution in [3.8, 4) is 11.8 Å². The molecular formula is C15H20N2O2. The van der Waals surface area contributed by atoms with Crippen LogP contribution >= 0.6 is 0 Å². The summed E-state index contributed by atoms with van der Waals surface area (Å²) in [4.78, 5) is 12.0. The van der Waals surface area contributed by atoms with Gasteiger partial charge in [0, 0.05) is 11.5 Å². The van der Waals surface area contributed by atoms with E-state index < -0.39 is 6.04 Å². The lowest BCUT2D eigenvalue weighted by Crippen LogP contribution is -2.33. The second kappa shape index (κ2) is 7.42. The largest absolute Gasteiger partial charge is 0.496 e. The van der Waals surface area contributed by atoms with Crippen LogP contribution in [-0.4, -0.2) is 13.0 Å². The van der Waals surface area contributed by atoms with Crippen LogP contribution in [0.2, 0.25) is 0 Å². The molecule has 0 radical (unpaired) electrons. The summed E-state index contributed by atoms with van der Waals surface area (Å²) in [5.74, 6) is 0.479. The molecule has 1 unspecified atom stereocenters. The molecule has 0 aromatic heterocycles. The Kier molecular flexibility index (Phi) is 5.87. The number of benzene rings is 1. The number of methoxy groups -OCH3 is 1. The molecule has 0 heterocycles. The number of nitrogens with one attached hydrogen (secondary N) is 1. The molecule has 0 bridgehead atoms. The van der Waals surface area contributed by atoms with Crippen molar-refractivity contribution in [3.05, 3.63) is 29.8 Å². The molecule has 0 aliphatic heterocycles. The quantitative estimate of drug-likeness (QED) is 0.855. The van der Waals surface area contributed by atoms with Gasteiger partial charge in [-0.3, -0.25) is 4.79 Å². The highest BCUT2D eigenvalue weighted by atomic mass is 16.5. The molecule has 102 valence electrons. The minimum absolute atomic E-state index is 0.0504. The molecule has 1 aromatic carbocycles. The summed E-state index contributed by atoms with van der Waals surface area (Å²) in [5, 5.41) is 12.0. The molecule has 1 aromatic rings. The fourth-order valence-electron chi connectivity index (χ4n) is 2.00. The first kappa shape index (κ1) is 15.0. The van der Waals surface area contributed by atoms with Gasteiger partial charge in [0.2, 0.25) is 5.91 Å². The number of amides is 1. The van der Waals surface area contributed by atoms with Crippen molar-refractivity contribution in [3.63, 3.8) is 0 Å². The van der Waals surface area contributed by atoms with E-state index in [-0.39, 0.29) is 11.8 Å². The number of rotatable bonds is 6. The topological polar surface area (TPSA) is 62.1 Å². The van der Waals surface area contributed by atoms with Crippen molar-refractivity contribution >= 4 is 5.91 Å².